The summed E-state index contributed by atoms with van der Waals surface area (Å²) in [7, 11) is 0. The molecule has 2 N–H and O–H groups in total. The van der Waals surface area contributed by atoms with E-state index in [-0.39, 0.29) is 17.4 Å². The lowest BCUT2D eigenvalue weighted by Crippen LogP contribution is -2.51. The van der Waals surface area contributed by atoms with Crippen LogP contribution in [0.25, 0.3) is 0 Å². The first kappa shape index (κ1) is 11.9. The summed E-state index contributed by atoms with van der Waals surface area (Å²) in [4.78, 5) is 14.3. The van der Waals surface area contributed by atoms with Crippen molar-refractivity contribution in [2.75, 3.05) is 26.2 Å². The van der Waals surface area contributed by atoms with E-state index in [4.69, 9.17) is 0 Å². The first-order valence-corrected chi connectivity index (χ1v) is 6.36. The molecular weight excluding hydrogens is 204 g/mol. The molecule has 4 heteroatoms. The van der Waals surface area contributed by atoms with Crippen molar-refractivity contribution >= 4 is 5.91 Å². The molecule has 0 radical (unpaired) electrons. The third-order valence-corrected chi connectivity index (χ3v) is 4.05. The number of aliphatic hydroxyl groups is 1. The fourth-order valence-corrected chi connectivity index (χ4v) is 2.87. The second-order valence-electron chi connectivity index (χ2n) is 5.11. The number of β-amino-alcohol motifs (C(OH)–C–C–N with tert-alkyl or cyclic N) is 1. The van der Waals surface area contributed by atoms with Gasteiger partial charge in [-0.15, -0.1) is 0 Å². The molecule has 92 valence electrons. The monoisotopic (exact) mass is 226 g/mol. The zero-order valence-electron chi connectivity index (χ0n) is 10.0. The van der Waals surface area contributed by atoms with Gasteiger partial charge in [-0.25, -0.2) is 0 Å². The molecule has 0 aromatic rings. The van der Waals surface area contributed by atoms with Crippen molar-refractivity contribution < 1.29 is 9.90 Å². The van der Waals surface area contributed by atoms with Gasteiger partial charge in [-0.1, -0.05) is 6.92 Å². The van der Waals surface area contributed by atoms with E-state index in [9.17, 15) is 9.90 Å². The Kier molecular flexibility index (Phi) is 3.50. The number of aliphatic hydroxyl groups excluding tert-OH is 1. The second-order valence-corrected chi connectivity index (χ2v) is 5.11. The Morgan fingerprint density at radius 1 is 1.62 bits per heavy atom. The van der Waals surface area contributed by atoms with Crippen molar-refractivity contribution in [1.82, 2.24) is 10.2 Å². The Labute approximate surface area is 97.0 Å². The van der Waals surface area contributed by atoms with Crippen LogP contribution in [-0.2, 0) is 4.79 Å². The fraction of sp³-hybridized carbons (Fsp3) is 0.917. The maximum atomic E-state index is 12.5. The van der Waals surface area contributed by atoms with Gasteiger partial charge in [-0.2, -0.15) is 0 Å². The molecule has 2 rings (SSSR count). The number of carbonyl (C=O) groups excluding carboxylic acids is 1. The fourth-order valence-electron chi connectivity index (χ4n) is 2.87. The summed E-state index contributed by atoms with van der Waals surface area (Å²) in [6.07, 6.45) is 3.39. The molecule has 0 bridgehead atoms. The van der Waals surface area contributed by atoms with Crippen LogP contribution in [-0.4, -0.2) is 48.2 Å². The third-order valence-electron chi connectivity index (χ3n) is 4.05. The Balaban J connectivity index is 2.05. The first-order chi connectivity index (χ1) is 7.68. The average molecular weight is 226 g/mol. The van der Waals surface area contributed by atoms with Crippen LogP contribution in [0.1, 0.15) is 32.6 Å². The largest absolute Gasteiger partial charge is 0.391 e. The highest BCUT2D eigenvalue weighted by molar-refractivity contribution is 5.83. The quantitative estimate of drug-likeness (QED) is 0.715. The van der Waals surface area contributed by atoms with E-state index in [1.165, 1.54) is 0 Å². The number of likely N-dealkylation sites (tertiary alicyclic amines) is 1. The van der Waals surface area contributed by atoms with Gasteiger partial charge in [0.2, 0.25) is 5.91 Å². The number of piperidine rings is 1. The van der Waals surface area contributed by atoms with E-state index < -0.39 is 0 Å². The van der Waals surface area contributed by atoms with Gasteiger partial charge in [0.15, 0.2) is 0 Å². The van der Waals surface area contributed by atoms with Gasteiger partial charge in [0, 0.05) is 19.6 Å². The SMILES string of the molecule is CCC1(C(=O)N2CCC(O)C2)CCCNC1. The molecule has 0 spiro atoms. The van der Waals surface area contributed by atoms with Crippen LogP contribution < -0.4 is 5.32 Å². The van der Waals surface area contributed by atoms with Crippen molar-refractivity contribution in [3.8, 4) is 0 Å². The highest BCUT2D eigenvalue weighted by Crippen LogP contribution is 2.33. The lowest BCUT2D eigenvalue weighted by Gasteiger charge is -2.38. The maximum absolute atomic E-state index is 12.5. The summed E-state index contributed by atoms with van der Waals surface area (Å²) in [5.41, 5.74) is -0.206. The van der Waals surface area contributed by atoms with Crippen molar-refractivity contribution in [2.45, 2.75) is 38.7 Å². The Morgan fingerprint density at radius 3 is 2.94 bits per heavy atom. The average Bonchev–Trinajstić information content (AvgIpc) is 2.76. The number of carbonyl (C=O) groups is 1. The minimum Gasteiger partial charge on any atom is -0.391 e. The lowest BCUT2D eigenvalue weighted by molar-refractivity contribution is -0.142. The van der Waals surface area contributed by atoms with Gasteiger partial charge < -0.3 is 15.3 Å². The topological polar surface area (TPSA) is 52.6 Å². The number of hydrogen-bond donors (Lipinski definition) is 2. The number of hydrogen-bond acceptors (Lipinski definition) is 3. The zero-order valence-corrected chi connectivity index (χ0v) is 10.0. The van der Waals surface area contributed by atoms with E-state index in [0.29, 0.717) is 6.54 Å². The summed E-state index contributed by atoms with van der Waals surface area (Å²) >= 11 is 0. The zero-order chi connectivity index (χ0) is 11.6. The summed E-state index contributed by atoms with van der Waals surface area (Å²) in [6, 6.07) is 0. The van der Waals surface area contributed by atoms with Crippen LogP contribution in [0.2, 0.25) is 0 Å². The molecule has 2 aliphatic heterocycles. The molecule has 2 atom stereocenters. The minimum atomic E-state index is -0.311. The van der Waals surface area contributed by atoms with Gasteiger partial charge in [0.1, 0.15) is 0 Å². The van der Waals surface area contributed by atoms with Gasteiger partial charge in [0.25, 0.3) is 0 Å². The predicted molar refractivity (Wildman–Crippen MR) is 62.0 cm³/mol. The van der Waals surface area contributed by atoms with E-state index in [1.807, 2.05) is 4.90 Å². The van der Waals surface area contributed by atoms with E-state index in [2.05, 4.69) is 12.2 Å². The minimum absolute atomic E-state index is 0.206. The van der Waals surface area contributed by atoms with Crippen LogP contribution in [0.15, 0.2) is 0 Å². The summed E-state index contributed by atoms with van der Waals surface area (Å²) in [5, 5.41) is 12.8. The standard InChI is InChI=1S/C12H22N2O2/c1-2-12(5-3-6-13-9-12)11(16)14-7-4-10(15)8-14/h10,13,15H,2-9H2,1H3. The number of nitrogens with zero attached hydrogens (tertiary/aromatic N) is 1. The molecule has 16 heavy (non-hydrogen) atoms. The molecule has 2 fully saturated rings. The number of amides is 1. The number of nitrogens with one attached hydrogen (secondary N) is 1. The first-order valence-electron chi connectivity index (χ1n) is 6.36. The van der Waals surface area contributed by atoms with Crippen LogP contribution in [0.5, 0.6) is 0 Å². The van der Waals surface area contributed by atoms with Crippen LogP contribution >= 0.6 is 0 Å². The van der Waals surface area contributed by atoms with Crippen LogP contribution in [0, 0.1) is 5.41 Å². The highest BCUT2D eigenvalue weighted by Gasteiger charge is 2.42. The van der Waals surface area contributed by atoms with Crippen molar-refractivity contribution in [3.05, 3.63) is 0 Å². The molecule has 2 aliphatic rings. The Morgan fingerprint density at radius 2 is 2.44 bits per heavy atom. The molecule has 4 nitrogen and oxygen atoms in total. The van der Waals surface area contributed by atoms with Gasteiger partial charge in [-0.3, -0.25) is 4.79 Å². The van der Waals surface area contributed by atoms with Crippen molar-refractivity contribution in [1.29, 1.82) is 0 Å². The molecule has 0 aromatic heterocycles. The van der Waals surface area contributed by atoms with Crippen LogP contribution in [0.3, 0.4) is 0 Å². The van der Waals surface area contributed by atoms with E-state index in [0.717, 1.165) is 45.3 Å². The Hall–Kier alpha value is -0.610. The van der Waals surface area contributed by atoms with Gasteiger partial charge in [-0.05, 0) is 32.2 Å². The van der Waals surface area contributed by atoms with Crippen molar-refractivity contribution in [3.63, 3.8) is 0 Å². The molecular formula is C12H22N2O2. The molecule has 1 amide bonds. The lowest BCUT2D eigenvalue weighted by atomic mass is 9.77. The molecule has 0 aromatic carbocycles. The van der Waals surface area contributed by atoms with Crippen molar-refractivity contribution in [2.24, 2.45) is 5.41 Å². The molecule has 0 aliphatic carbocycles. The molecule has 2 saturated heterocycles. The number of rotatable bonds is 2. The second kappa shape index (κ2) is 4.72. The van der Waals surface area contributed by atoms with E-state index in [1.54, 1.807) is 0 Å². The smallest absolute Gasteiger partial charge is 0.230 e. The summed E-state index contributed by atoms with van der Waals surface area (Å²) < 4.78 is 0. The highest BCUT2D eigenvalue weighted by atomic mass is 16.3. The normalized spacial score (nSPS) is 35.4. The third kappa shape index (κ3) is 2.09. The van der Waals surface area contributed by atoms with Gasteiger partial charge in [0.05, 0.1) is 11.5 Å². The van der Waals surface area contributed by atoms with E-state index >= 15 is 0 Å². The molecule has 2 unspecified atom stereocenters. The Bertz CT molecular complexity index is 262. The molecule has 2 heterocycles. The summed E-state index contributed by atoms with van der Waals surface area (Å²) in [6.45, 7) is 5.17. The molecule has 0 saturated carbocycles. The van der Waals surface area contributed by atoms with Crippen LogP contribution in [0.4, 0.5) is 0 Å². The van der Waals surface area contributed by atoms with Gasteiger partial charge >= 0.3 is 0 Å². The summed E-state index contributed by atoms with van der Waals surface area (Å²) in [5.74, 6) is 0.249. The maximum Gasteiger partial charge on any atom is 0.230 e. The predicted octanol–water partition coefficient (Wildman–Crippen LogP) is 0.359.